The molecular formula is C14H21NO9. The number of aliphatic hydroxyl groups excluding tert-OH is 7. The Labute approximate surface area is 137 Å². The third-order valence-electron chi connectivity index (χ3n) is 4.26. The van der Waals surface area contributed by atoms with Crippen molar-refractivity contribution in [2.45, 2.75) is 61.5 Å². The smallest absolute Gasteiger partial charge is 0.187 e. The van der Waals surface area contributed by atoms with Crippen molar-refractivity contribution in [1.82, 2.24) is 0 Å². The van der Waals surface area contributed by atoms with Crippen molar-refractivity contribution < 1.29 is 45.2 Å². The van der Waals surface area contributed by atoms with Crippen molar-refractivity contribution in [2.24, 2.45) is 0 Å². The molecule has 2 aliphatic rings. The van der Waals surface area contributed by atoms with E-state index in [1.165, 1.54) is 0 Å². The number of ether oxygens (including phenoxy) is 2. The van der Waals surface area contributed by atoms with Gasteiger partial charge in [0.15, 0.2) is 6.29 Å². The molecule has 24 heavy (non-hydrogen) atoms. The highest BCUT2D eigenvalue weighted by molar-refractivity contribution is 5.26. The lowest BCUT2D eigenvalue weighted by atomic mass is 9.84. The Morgan fingerprint density at radius 2 is 1.75 bits per heavy atom. The summed E-state index contributed by atoms with van der Waals surface area (Å²) in [6.07, 6.45) is -12.2. The highest BCUT2D eigenvalue weighted by Crippen LogP contribution is 2.31. The summed E-state index contributed by atoms with van der Waals surface area (Å²) >= 11 is 0. The van der Waals surface area contributed by atoms with Gasteiger partial charge in [-0.05, 0) is 0 Å². The van der Waals surface area contributed by atoms with E-state index in [9.17, 15) is 30.6 Å². The van der Waals surface area contributed by atoms with Gasteiger partial charge in [-0.25, -0.2) is 0 Å². The van der Waals surface area contributed by atoms with Gasteiger partial charge in [-0.15, -0.1) is 0 Å². The summed E-state index contributed by atoms with van der Waals surface area (Å²) in [4.78, 5) is 0. The molecule has 1 saturated carbocycles. The van der Waals surface area contributed by atoms with Crippen molar-refractivity contribution >= 4 is 0 Å². The topological polar surface area (TPSA) is 184 Å². The molecule has 136 valence electrons. The molecule has 1 saturated heterocycles. The highest BCUT2D eigenvalue weighted by atomic mass is 16.7. The molecule has 0 aromatic carbocycles. The Morgan fingerprint density at radius 3 is 2.33 bits per heavy atom. The van der Waals surface area contributed by atoms with Gasteiger partial charge in [0.2, 0.25) is 0 Å². The van der Waals surface area contributed by atoms with E-state index < -0.39 is 61.7 Å². The maximum absolute atomic E-state index is 9.95. The van der Waals surface area contributed by atoms with Gasteiger partial charge >= 0.3 is 0 Å². The summed E-state index contributed by atoms with van der Waals surface area (Å²) in [5.41, 5.74) is -0.0211. The quantitative estimate of drug-likeness (QED) is 0.249. The van der Waals surface area contributed by atoms with Crippen LogP contribution in [0.2, 0.25) is 0 Å². The number of hydrogen-bond acceptors (Lipinski definition) is 10. The minimum Gasteiger partial charge on any atom is -0.394 e. The zero-order valence-corrected chi connectivity index (χ0v) is 12.6. The van der Waals surface area contributed by atoms with E-state index in [1.54, 1.807) is 6.07 Å². The van der Waals surface area contributed by atoms with E-state index in [0.717, 1.165) is 6.08 Å². The van der Waals surface area contributed by atoms with Gasteiger partial charge in [0, 0.05) is 18.1 Å². The van der Waals surface area contributed by atoms with Crippen molar-refractivity contribution in [3.8, 4) is 6.07 Å². The van der Waals surface area contributed by atoms with Gasteiger partial charge < -0.3 is 45.2 Å². The molecule has 2 rings (SSSR count). The number of hydrogen-bond donors (Lipinski definition) is 7. The first kappa shape index (κ1) is 19.2. The second-order valence-electron chi connectivity index (χ2n) is 5.83. The third kappa shape index (κ3) is 3.60. The summed E-state index contributed by atoms with van der Waals surface area (Å²) < 4.78 is 10.6. The number of nitriles is 1. The SMILES string of the molecule is N#C/C=C1\C(O[C@@H]2O[C@H](CO)[C@@H](O)[C@H](O)[C@H]2O)CC(O)C(O)C1O. The number of allylic oxidation sites excluding steroid dienone is 1. The molecule has 0 aromatic rings. The van der Waals surface area contributed by atoms with Crippen LogP contribution in [0.5, 0.6) is 0 Å². The summed E-state index contributed by atoms with van der Waals surface area (Å²) in [6.45, 7) is -0.639. The molecule has 4 unspecified atom stereocenters. The Hall–Kier alpha value is -1.13. The van der Waals surface area contributed by atoms with Gasteiger partial charge in [-0.2, -0.15) is 5.26 Å². The van der Waals surface area contributed by atoms with Crippen LogP contribution in [0.15, 0.2) is 11.6 Å². The van der Waals surface area contributed by atoms with Crippen LogP contribution in [-0.4, -0.2) is 97.5 Å². The first-order chi connectivity index (χ1) is 11.3. The van der Waals surface area contributed by atoms with E-state index >= 15 is 0 Å². The number of rotatable bonds is 3. The van der Waals surface area contributed by atoms with Crippen molar-refractivity contribution in [3.05, 3.63) is 11.6 Å². The van der Waals surface area contributed by atoms with Crippen molar-refractivity contribution in [2.75, 3.05) is 6.61 Å². The Kier molecular flexibility index (Phi) is 6.27. The van der Waals surface area contributed by atoms with E-state index in [1.807, 2.05) is 0 Å². The molecule has 0 amide bonds. The van der Waals surface area contributed by atoms with Gasteiger partial charge in [0.05, 0.1) is 24.9 Å². The second kappa shape index (κ2) is 7.83. The van der Waals surface area contributed by atoms with Gasteiger partial charge in [0.1, 0.15) is 36.6 Å². The molecule has 10 nitrogen and oxygen atoms in total. The minimum atomic E-state index is -1.66. The monoisotopic (exact) mass is 347 g/mol. The Morgan fingerprint density at radius 1 is 1.08 bits per heavy atom. The fourth-order valence-electron chi connectivity index (χ4n) is 2.82. The first-order valence-corrected chi connectivity index (χ1v) is 7.41. The molecule has 0 spiro atoms. The average Bonchev–Trinajstić information content (AvgIpc) is 2.56. The lowest BCUT2D eigenvalue weighted by molar-refractivity contribution is -0.312. The van der Waals surface area contributed by atoms with Gasteiger partial charge in [0.25, 0.3) is 0 Å². The van der Waals surface area contributed by atoms with Crippen LogP contribution in [-0.2, 0) is 9.47 Å². The second-order valence-corrected chi connectivity index (χ2v) is 5.83. The molecule has 0 aromatic heterocycles. The van der Waals surface area contributed by atoms with Gasteiger partial charge in [-0.1, -0.05) is 0 Å². The number of aliphatic hydroxyl groups is 7. The molecule has 2 fully saturated rings. The fraction of sp³-hybridized carbons (Fsp3) is 0.786. The Balaban J connectivity index is 2.18. The van der Waals surface area contributed by atoms with Crippen LogP contribution in [0.25, 0.3) is 0 Å². The lowest BCUT2D eigenvalue weighted by Gasteiger charge is -2.43. The first-order valence-electron chi connectivity index (χ1n) is 7.41. The molecule has 7 N–H and O–H groups in total. The van der Waals surface area contributed by atoms with Crippen LogP contribution >= 0.6 is 0 Å². The van der Waals surface area contributed by atoms with E-state index in [0.29, 0.717) is 0 Å². The van der Waals surface area contributed by atoms with Gasteiger partial charge in [-0.3, -0.25) is 0 Å². The predicted molar refractivity (Wildman–Crippen MR) is 75.0 cm³/mol. The normalized spacial score (nSPS) is 48.2. The van der Waals surface area contributed by atoms with E-state index in [-0.39, 0.29) is 12.0 Å². The predicted octanol–water partition coefficient (Wildman–Crippen LogP) is -3.89. The van der Waals surface area contributed by atoms with Crippen molar-refractivity contribution in [3.63, 3.8) is 0 Å². The van der Waals surface area contributed by atoms with E-state index in [4.69, 9.17) is 19.8 Å². The molecule has 1 aliphatic carbocycles. The Bertz CT molecular complexity index is 505. The average molecular weight is 347 g/mol. The molecule has 9 atom stereocenters. The van der Waals surface area contributed by atoms with Crippen molar-refractivity contribution in [1.29, 1.82) is 5.26 Å². The minimum absolute atomic E-state index is 0.0211. The van der Waals surface area contributed by atoms with E-state index in [2.05, 4.69) is 0 Å². The molecule has 10 heteroatoms. The summed E-state index contributed by atoms with van der Waals surface area (Å²) in [5.74, 6) is 0. The molecule has 1 aliphatic heterocycles. The molecule has 0 radical (unpaired) electrons. The molecular weight excluding hydrogens is 326 g/mol. The maximum Gasteiger partial charge on any atom is 0.187 e. The lowest BCUT2D eigenvalue weighted by Crippen LogP contribution is -2.60. The standard InChI is InChI=1S/C14H21NO9/c15-2-1-5-7(3-6(17)10(19)9(5)18)23-14-13(22)12(21)11(20)8(4-16)24-14/h1,6-14,16-22H,3-4H2/b5-1+/t6?,7?,8-,9?,10?,11-,12+,13-,14-/m1/s1. The zero-order valence-electron chi connectivity index (χ0n) is 12.6. The third-order valence-corrected chi connectivity index (χ3v) is 4.26. The molecule has 0 bridgehead atoms. The zero-order chi connectivity index (χ0) is 18.0. The van der Waals surface area contributed by atoms with Crippen LogP contribution in [0.3, 0.4) is 0 Å². The molecule has 1 heterocycles. The summed E-state index contributed by atoms with van der Waals surface area (Å²) in [6, 6.07) is 1.69. The summed E-state index contributed by atoms with van der Waals surface area (Å²) in [5, 5.41) is 76.7. The highest BCUT2D eigenvalue weighted by Gasteiger charge is 2.47. The van der Waals surface area contributed by atoms with Crippen LogP contribution in [0.4, 0.5) is 0 Å². The largest absolute Gasteiger partial charge is 0.394 e. The maximum atomic E-state index is 9.95. The van der Waals surface area contributed by atoms with Crippen LogP contribution < -0.4 is 0 Å². The van der Waals surface area contributed by atoms with Crippen LogP contribution in [0.1, 0.15) is 6.42 Å². The van der Waals surface area contributed by atoms with Crippen LogP contribution in [0, 0.1) is 11.3 Å². The fourth-order valence-corrected chi connectivity index (χ4v) is 2.82. The summed E-state index contributed by atoms with van der Waals surface area (Å²) in [7, 11) is 0. The number of nitrogens with zero attached hydrogens (tertiary/aromatic N) is 1.